The number of carbonyl (C=O) groups is 1. The molecule has 3 aliphatic rings. The molecule has 30 heavy (non-hydrogen) atoms. The lowest BCUT2D eigenvalue weighted by Crippen LogP contribution is -2.63. The largest absolute Gasteiger partial charge is 0.481 e. The smallest absolute Gasteiger partial charge is 0.407 e. The van der Waals surface area contributed by atoms with E-state index in [2.05, 4.69) is 23.1 Å². The van der Waals surface area contributed by atoms with Crippen LogP contribution in [0.2, 0.25) is 0 Å². The van der Waals surface area contributed by atoms with Crippen LogP contribution >= 0.6 is 0 Å². The lowest BCUT2D eigenvalue weighted by molar-refractivity contribution is -0.0982. The van der Waals surface area contributed by atoms with Crippen molar-refractivity contribution in [2.45, 2.75) is 37.6 Å². The van der Waals surface area contributed by atoms with Gasteiger partial charge in [0, 0.05) is 25.6 Å². The third kappa shape index (κ3) is 3.68. The molecule has 0 radical (unpaired) electrons. The predicted octanol–water partition coefficient (Wildman–Crippen LogP) is 2.10. The molecule has 5 rings (SSSR count). The zero-order valence-electron chi connectivity index (χ0n) is 16.6. The maximum absolute atomic E-state index is 12.5. The summed E-state index contributed by atoms with van der Waals surface area (Å²) in [7, 11) is 0. The standard InChI is InChI=1S/C22H24N2O6/c25-19-7-17(10-23-6-5-15-3-1-2-4-16(15)9-23)28-12-20(19)30-18-8-22(29-11-18)13-24(14-22)21(26)27/h1-4,7,12,18H,5-6,8-11,13-14H2,(H,26,27). The van der Waals surface area contributed by atoms with Gasteiger partial charge in [-0.2, -0.15) is 0 Å². The third-order valence-corrected chi connectivity index (χ3v) is 6.14. The predicted molar refractivity (Wildman–Crippen MR) is 107 cm³/mol. The fourth-order valence-corrected chi connectivity index (χ4v) is 4.58. The van der Waals surface area contributed by atoms with Crippen LogP contribution in [0.4, 0.5) is 4.79 Å². The fourth-order valence-electron chi connectivity index (χ4n) is 4.58. The van der Waals surface area contributed by atoms with E-state index in [1.54, 1.807) is 0 Å². The van der Waals surface area contributed by atoms with E-state index in [4.69, 9.17) is 19.0 Å². The second kappa shape index (κ2) is 7.45. The van der Waals surface area contributed by atoms with E-state index in [0.29, 0.717) is 38.4 Å². The molecule has 2 saturated heterocycles. The molecule has 2 aromatic rings. The van der Waals surface area contributed by atoms with Gasteiger partial charge >= 0.3 is 6.09 Å². The number of hydrogen-bond donors (Lipinski definition) is 1. The average Bonchev–Trinajstić information content (AvgIpc) is 3.13. The number of fused-ring (bicyclic) bond motifs is 1. The average molecular weight is 412 g/mol. The first-order chi connectivity index (χ1) is 14.5. The number of nitrogens with zero attached hydrogens (tertiary/aromatic N) is 2. The maximum atomic E-state index is 12.5. The van der Waals surface area contributed by atoms with Crippen LogP contribution in [-0.2, 0) is 24.2 Å². The molecule has 8 heteroatoms. The highest BCUT2D eigenvalue weighted by Crippen LogP contribution is 2.36. The summed E-state index contributed by atoms with van der Waals surface area (Å²) in [5.41, 5.74) is 2.01. The zero-order chi connectivity index (χ0) is 20.7. The summed E-state index contributed by atoms with van der Waals surface area (Å²) < 4.78 is 17.3. The number of carboxylic acid groups (broad SMARTS) is 1. The summed E-state index contributed by atoms with van der Waals surface area (Å²) in [6.07, 6.45) is 1.70. The van der Waals surface area contributed by atoms with Crippen LogP contribution in [0.3, 0.4) is 0 Å². The first-order valence-corrected chi connectivity index (χ1v) is 10.2. The van der Waals surface area contributed by atoms with Crippen molar-refractivity contribution in [2.75, 3.05) is 26.2 Å². The van der Waals surface area contributed by atoms with Gasteiger partial charge in [-0.3, -0.25) is 9.69 Å². The Hall–Kier alpha value is -2.84. The molecule has 0 saturated carbocycles. The van der Waals surface area contributed by atoms with Crippen LogP contribution in [0, 0.1) is 0 Å². The molecule has 1 spiro atoms. The van der Waals surface area contributed by atoms with E-state index in [9.17, 15) is 9.59 Å². The fraction of sp³-hybridized carbons (Fsp3) is 0.455. The molecule has 1 aromatic heterocycles. The molecule has 2 fully saturated rings. The molecular weight excluding hydrogens is 388 g/mol. The highest BCUT2D eigenvalue weighted by atomic mass is 16.6. The highest BCUT2D eigenvalue weighted by molar-refractivity contribution is 5.66. The van der Waals surface area contributed by atoms with E-state index >= 15 is 0 Å². The van der Waals surface area contributed by atoms with E-state index in [1.165, 1.54) is 28.4 Å². The van der Waals surface area contributed by atoms with Crippen molar-refractivity contribution in [1.82, 2.24) is 9.80 Å². The number of amides is 1. The van der Waals surface area contributed by atoms with Crippen LogP contribution in [-0.4, -0.2) is 58.9 Å². The Morgan fingerprint density at radius 1 is 1.27 bits per heavy atom. The van der Waals surface area contributed by atoms with Gasteiger partial charge in [0.15, 0.2) is 0 Å². The number of hydrogen-bond acceptors (Lipinski definition) is 6. The zero-order valence-corrected chi connectivity index (χ0v) is 16.6. The molecule has 158 valence electrons. The molecule has 8 nitrogen and oxygen atoms in total. The summed E-state index contributed by atoms with van der Waals surface area (Å²) in [6, 6.07) is 9.92. The third-order valence-electron chi connectivity index (χ3n) is 6.14. The van der Waals surface area contributed by atoms with Crippen LogP contribution in [0.25, 0.3) is 0 Å². The maximum Gasteiger partial charge on any atom is 0.407 e. The normalized spacial score (nSPS) is 22.5. The van der Waals surface area contributed by atoms with Crippen LogP contribution in [0.15, 0.2) is 45.8 Å². The Balaban J connectivity index is 1.18. The summed E-state index contributed by atoms with van der Waals surface area (Å²) in [5.74, 6) is 0.782. The van der Waals surface area contributed by atoms with Crippen molar-refractivity contribution in [3.8, 4) is 5.75 Å². The van der Waals surface area contributed by atoms with Gasteiger partial charge in [0.25, 0.3) is 0 Å². The number of likely N-dealkylation sites (tertiary alicyclic amines) is 1. The van der Waals surface area contributed by atoms with Gasteiger partial charge in [-0.15, -0.1) is 0 Å². The van der Waals surface area contributed by atoms with Gasteiger partial charge in [-0.05, 0) is 17.5 Å². The minimum Gasteiger partial charge on any atom is -0.481 e. The van der Waals surface area contributed by atoms with Crippen molar-refractivity contribution in [3.63, 3.8) is 0 Å². The molecule has 0 bridgehead atoms. The second-order valence-electron chi connectivity index (χ2n) is 8.38. The van der Waals surface area contributed by atoms with Crippen LogP contribution < -0.4 is 10.2 Å². The lowest BCUT2D eigenvalue weighted by Gasteiger charge is -2.45. The van der Waals surface area contributed by atoms with E-state index in [-0.39, 0.29) is 17.3 Å². The van der Waals surface area contributed by atoms with E-state index < -0.39 is 11.7 Å². The minimum atomic E-state index is -0.943. The Labute approximate surface area is 173 Å². The number of rotatable bonds is 4. The van der Waals surface area contributed by atoms with E-state index in [0.717, 1.165) is 19.5 Å². The number of benzene rings is 1. The lowest BCUT2D eigenvalue weighted by atomic mass is 9.90. The first kappa shape index (κ1) is 19.1. The Morgan fingerprint density at radius 3 is 2.83 bits per heavy atom. The Bertz CT molecular complexity index is 1010. The molecule has 1 aromatic carbocycles. The molecule has 4 heterocycles. The van der Waals surface area contributed by atoms with Gasteiger partial charge < -0.3 is 23.9 Å². The van der Waals surface area contributed by atoms with Crippen molar-refractivity contribution in [3.05, 3.63) is 63.7 Å². The molecular formula is C22H24N2O6. The van der Waals surface area contributed by atoms with Gasteiger partial charge in [0.2, 0.25) is 11.2 Å². The van der Waals surface area contributed by atoms with Gasteiger partial charge in [0.05, 0.1) is 26.2 Å². The molecule has 1 unspecified atom stereocenters. The van der Waals surface area contributed by atoms with Gasteiger partial charge in [-0.25, -0.2) is 4.79 Å². The van der Waals surface area contributed by atoms with Gasteiger partial charge in [0.1, 0.15) is 23.7 Å². The van der Waals surface area contributed by atoms with E-state index in [1.807, 2.05) is 6.07 Å². The topological polar surface area (TPSA) is 92.5 Å². The van der Waals surface area contributed by atoms with Crippen LogP contribution in [0.1, 0.15) is 23.3 Å². The van der Waals surface area contributed by atoms with Crippen LogP contribution in [0.5, 0.6) is 5.75 Å². The van der Waals surface area contributed by atoms with Gasteiger partial charge in [-0.1, -0.05) is 24.3 Å². The highest BCUT2D eigenvalue weighted by Gasteiger charge is 2.52. The SMILES string of the molecule is O=C(O)N1CC2(CC(Oc3coc(CN4CCc5ccccc5C4)cc3=O)CO2)C1. The Morgan fingerprint density at radius 2 is 2.07 bits per heavy atom. The molecule has 0 aliphatic carbocycles. The quantitative estimate of drug-likeness (QED) is 0.822. The number of ether oxygens (including phenoxy) is 2. The van der Waals surface area contributed by atoms with Crippen molar-refractivity contribution in [1.29, 1.82) is 0 Å². The Kier molecular flexibility index (Phi) is 4.75. The summed E-state index contributed by atoms with van der Waals surface area (Å²) in [5, 5.41) is 8.99. The molecule has 3 aliphatic heterocycles. The minimum absolute atomic E-state index is 0.169. The summed E-state index contributed by atoms with van der Waals surface area (Å²) in [6.45, 7) is 3.36. The van der Waals surface area contributed by atoms with Crippen molar-refractivity contribution in [2.24, 2.45) is 0 Å². The molecule has 1 amide bonds. The second-order valence-corrected chi connectivity index (χ2v) is 8.38. The van der Waals surface area contributed by atoms with Crippen molar-refractivity contribution >= 4 is 6.09 Å². The molecule has 1 N–H and O–H groups in total. The first-order valence-electron chi connectivity index (χ1n) is 10.2. The summed E-state index contributed by atoms with van der Waals surface area (Å²) >= 11 is 0. The summed E-state index contributed by atoms with van der Waals surface area (Å²) in [4.78, 5) is 27.1. The molecule has 1 atom stereocenters. The monoisotopic (exact) mass is 412 g/mol. The van der Waals surface area contributed by atoms with Crippen molar-refractivity contribution < 1.29 is 23.8 Å².